The first-order valence-electron chi connectivity index (χ1n) is 5.62. The molecule has 0 aromatic carbocycles. The van der Waals surface area contributed by atoms with E-state index in [1.54, 1.807) is 17.1 Å². The van der Waals surface area contributed by atoms with Crippen LogP contribution in [0.1, 0.15) is 24.2 Å². The summed E-state index contributed by atoms with van der Waals surface area (Å²) in [6.07, 6.45) is 5.87. The van der Waals surface area contributed by atoms with Crippen molar-refractivity contribution in [2.75, 3.05) is 0 Å². The maximum Gasteiger partial charge on any atom is 0.322 e. The van der Waals surface area contributed by atoms with Crippen LogP contribution in [-0.4, -0.2) is 20.8 Å². The highest BCUT2D eigenvalue weighted by Crippen LogP contribution is 2.20. The molecule has 17 heavy (non-hydrogen) atoms. The van der Waals surface area contributed by atoms with E-state index in [1.165, 1.54) is 12.8 Å². The van der Waals surface area contributed by atoms with Crippen molar-refractivity contribution in [3.8, 4) is 6.01 Å². The quantitative estimate of drug-likeness (QED) is 0.905. The van der Waals surface area contributed by atoms with Crippen LogP contribution in [0.15, 0.2) is 16.9 Å². The van der Waals surface area contributed by atoms with Gasteiger partial charge in [-0.2, -0.15) is 14.8 Å². The van der Waals surface area contributed by atoms with E-state index in [0.29, 0.717) is 17.1 Å². The van der Waals surface area contributed by atoms with Crippen molar-refractivity contribution in [2.24, 2.45) is 0 Å². The molecule has 6 heteroatoms. The lowest BCUT2D eigenvalue weighted by Crippen LogP contribution is -2.15. The third kappa shape index (κ3) is 2.35. The molecule has 0 atom stereocenters. The Kier molecular flexibility index (Phi) is 2.64. The fraction of sp³-hybridized carbons (Fsp3) is 0.455. The molecule has 1 aliphatic rings. The van der Waals surface area contributed by atoms with E-state index in [1.807, 2.05) is 6.92 Å². The van der Waals surface area contributed by atoms with E-state index in [2.05, 4.69) is 15.4 Å². The summed E-state index contributed by atoms with van der Waals surface area (Å²) in [6, 6.07) is 1.11. The Labute approximate surface area is 104 Å². The number of aryl methyl sites for hydroxylation is 1. The van der Waals surface area contributed by atoms with E-state index in [9.17, 15) is 0 Å². The normalized spacial score (nSPS) is 15.4. The minimum Gasteiger partial charge on any atom is -0.430 e. The molecule has 5 nitrogen and oxygen atoms in total. The van der Waals surface area contributed by atoms with Gasteiger partial charge in [-0.1, -0.05) is 11.6 Å². The predicted octanol–water partition coefficient (Wildman–Crippen LogP) is 2.07. The predicted molar refractivity (Wildman–Crippen MR) is 63.2 cm³/mol. The molecule has 1 aliphatic carbocycles. The Morgan fingerprint density at radius 2 is 2.41 bits per heavy atom. The largest absolute Gasteiger partial charge is 0.430 e. The zero-order chi connectivity index (χ0) is 11.8. The van der Waals surface area contributed by atoms with Gasteiger partial charge in [-0.25, -0.2) is 0 Å². The summed E-state index contributed by atoms with van der Waals surface area (Å²) in [5.74, 6) is 0. The molecule has 1 N–H and O–H groups in total. The van der Waals surface area contributed by atoms with Crippen LogP contribution in [0, 0.1) is 6.92 Å². The van der Waals surface area contributed by atoms with Gasteiger partial charge in [0.25, 0.3) is 0 Å². The lowest BCUT2D eigenvalue weighted by Gasteiger charge is -1.96. The maximum absolute atomic E-state index is 5.93. The molecule has 0 unspecified atom stereocenters. The van der Waals surface area contributed by atoms with Crippen LogP contribution in [0.3, 0.4) is 0 Å². The van der Waals surface area contributed by atoms with Crippen molar-refractivity contribution in [1.82, 2.24) is 20.1 Å². The highest BCUT2D eigenvalue weighted by molar-refractivity contribution is 6.31. The molecular weight excluding hydrogens is 240 g/mol. The highest BCUT2D eigenvalue weighted by atomic mass is 35.5. The number of hydrogen-bond donors (Lipinski definition) is 1. The molecule has 1 fully saturated rings. The fourth-order valence-corrected chi connectivity index (χ4v) is 1.69. The van der Waals surface area contributed by atoms with Crippen LogP contribution in [0.2, 0.25) is 5.02 Å². The Hall–Kier alpha value is -1.33. The molecule has 90 valence electrons. The summed E-state index contributed by atoms with van der Waals surface area (Å²) in [5, 5.41) is 8.20. The van der Waals surface area contributed by atoms with Gasteiger partial charge in [0.15, 0.2) is 0 Å². The summed E-state index contributed by atoms with van der Waals surface area (Å²) in [4.78, 5) is 4.35. The van der Waals surface area contributed by atoms with Crippen LogP contribution < -0.4 is 5.32 Å². The summed E-state index contributed by atoms with van der Waals surface area (Å²) in [5.41, 5.74) is 1.65. The van der Waals surface area contributed by atoms with Gasteiger partial charge in [0.05, 0.1) is 22.6 Å². The van der Waals surface area contributed by atoms with E-state index >= 15 is 0 Å². The summed E-state index contributed by atoms with van der Waals surface area (Å²) < 4.78 is 6.92. The molecule has 0 saturated heterocycles. The fourth-order valence-electron chi connectivity index (χ4n) is 1.56. The van der Waals surface area contributed by atoms with Crippen LogP contribution in [0.25, 0.3) is 6.01 Å². The van der Waals surface area contributed by atoms with E-state index in [-0.39, 0.29) is 0 Å². The van der Waals surface area contributed by atoms with E-state index in [0.717, 1.165) is 17.9 Å². The van der Waals surface area contributed by atoms with Crippen LogP contribution in [0.5, 0.6) is 0 Å². The van der Waals surface area contributed by atoms with E-state index in [4.69, 9.17) is 16.0 Å². The number of rotatable bonds is 4. The second kappa shape index (κ2) is 4.16. The van der Waals surface area contributed by atoms with E-state index < -0.39 is 0 Å². The van der Waals surface area contributed by atoms with Crippen molar-refractivity contribution in [3.63, 3.8) is 0 Å². The summed E-state index contributed by atoms with van der Waals surface area (Å²) in [6.45, 7) is 2.58. The van der Waals surface area contributed by atoms with Gasteiger partial charge in [-0.3, -0.25) is 0 Å². The zero-order valence-corrected chi connectivity index (χ0v) is 10.2. The van der Waals surface area contributed by atoms with Crippen LogP contribution in [0.4, 0.5) is 0 Å². The van der Waals surface area contributed by atoms with Crippen molar-refractivity contribution in [1.29, 1.82) is 0 Å². The topological polar surface area (TPSA) is 55.9 Å². The Morgan fingerprint density at radius 3 is 3.06 bits per heavy atom. The zero-order valence-electron chi connectivity index (χ0n) is 9.48. The molecule has 2 heterocycles. The van der Waals surface area contributed by atoms with Crippen molar-refractivity contribution >= 4 is 11.6 Å². The average Bonchev–Trinajstić information content (AvgIpc) is 2.92. The molecule has 2 aromatic heterocycles. The van der Waals surface area contributed by atoms with Gasteiger partial charge in [-0.05, 0) is 19.8 Å². The number of oxazole rings is 1. The van der Waals surface area contributed by atoms with Gasteiger partial charge in [-0.15, -0.1) is 0 Å². The summed E-state index contributed by atoms with van der Waals surface area (Å²) in [7, 11) is 0. The molecule has 2 aromatic rings. The minimum atomic E-state index is 0.451. The van der Waals surface area contributed by atoms with Gasteiger partial charge in [0.2, 0.25) is 0 Å². The van der Waals surface area contributed by atoms with Crippen molar-refractivity contribution < 1.29 is 4.42 Å². The number of nitrogens with zero attached hydrogens (tertiary/aromatic N) is 3. The van der Waals surface area contributed by atoms with Gasteiger partial charge < -0.3 is 9.73 Å². The average molecular weight is 253 g/mol. The second-order valence-corrected chi connectivity index (χ2v) is 4.69. The number of hydrogen-bond acceptors (Lipinski definition) is 4. The first-order chi connectivity index (χ1) is 8.22. The van der Waals surface area contributed by atoms with Crippen LogP contribution in [-0.2, 0) is 6.54 Å². The first kappa shape index (κ1) is 10.8. The lowest BCUT2D eigenvalue weighted by atomic mass is 10.5. The van der Waals surface area contributed by atoms with Crippen LogP contribution >= 0.6 is 11.6 Å². The standard InChI is InChI=1S/C11H13ClN4O/c1-7-10(12)5-16(15-7)11-14-9(6-17-11)4-13-8-2-3-8/h5-6,8,13H,2-4H2,1H3. The lowest BCUT2D eigenvalue weighted by molar-refractivity contribution is 0.508. The molecule has 0 spiro atoms. The smallest absolute Gasteiger partial charge is 0.322 e. The SMILES string of the molecule is Cc1nn(-c2nc(CNC3CC3)co2)cc1Cl. The molecule has 0 amide bonds. The first-order valence-corrected chi connectivity index (χ1v) is 6.00. The molecule has 3 rings (SSSR count). The monoisotopic (exact) mass is 252 g/mol. The molecular formula is C11H13ClN4O. The number of aromatic nitrogens is 3. The molecule has 1 saturated carbocycles. The Bertz CT molecular complexity index is 510. The maximum atomic E-state index is 5.93. The molecule has 0 bridgehead atoms. The summed E-state index contributed by atoms with van der Waals surface area (Å²) >= 11 is 5.93. The highest BCUT2D eigenvalue weighted by Gasteiger charge is 2.20. The molecule has 0 radical (unpaired) electrons. The van der Waals surface area contributed by atoms with Gasteiger partial charge in [0, 0.05) is 12.6 Å². The van der Waals surface area contributed by atoms with Crippen molar-refractivity contribution in [2.45, 2.75) is 32.4 Å². The van der Waals surface area contributed by atoms with Crippen molar-refractivity contribution in [3.05, 3.63) is 28.9 Å². The Balaban J connectivity index is 1.74. The molecule has 0 aliphatic heterocycles. The van der Waals surface area contributed by atoms with Gasteiger partial charge >= 0.3 is 6.01 Å². The second-order valence-electron chi connectivity index (χ2n) is 4.28. The third-order valence-corrected chi connectivity index (χ3v) is 3.09. The minimum absolute atomic E-state index is 0.451. The number of nitrogens with one attached hydrogen (secondary N) is 1. The van der Waals surface area contributed by atoms with Gasteiger partial charge in [0.1, 0.15) is 6.26 Å². The third-order valence-electron chi connectivity index (χ3n) is 2.72. The Morgan fingerprint density at radius 1 is 1.59 bits per heavy atom. The number of halogens is 1.